The Bertz CT molecular complexity index is 234. The Balaban J connectivity index is 2.30. The van der Waals surface area contributed by atoms with E-state index in [1.807, 2.05) is 0 Å². The Morgan fingerprint density at radius 1 is 1.67 bits per heavy atom. The molecule has 4 nitrogen and oxygen atoms in total. The van der Waals surface area contributed by atoms with E-state index in [4.69, 9.17) is 15.7 Å². The first-order valence-corrected chi connectivity index (χ1v) is 5.52. The van der Waals surface area contributed by atoms with Gasteiger partial charge in [-0.3, -0.25) is 0 Å². The summed E-state index contributed by atoms with van der Waals surface area (Å²) in [6.07, 6.45) is 3.39. The van der Waals surface area contributed by atoms with Gasteiger partial charge < -0.3 is 15.4 Å². The summed E-state index contributed by atoms with van der Waals surface area (Å²) in [6, 6.07) is 2.13. The SMILES string of the molecule is COC1CCCN(CCC(C)(N)C#N)C1. The van der Waals surface area contributed by atoms with Crippen LogP contribution in [0.1, 0.15) is 26.2 Å². The van der Waals surface area contributed by atoms with E-state index in [-0.39, 0.29) is 0 Å². The van der Waals surface area contributed by atoms with Crippen molar-refractivity contribution in [3.05, 3.63) is 0 Å². The van der Waals surface area contributed by atoms with Gasteiger partial charge in [0.15, 0.2) is 0 Å². The van der Waals surface area contributed by atoms with Crippen molar-refractivity contribution in [2.45, 2.75) is 37.8 Å². The number of hydrogen-bond acceptors (Lipinski definition) is 4. The van der Waals surface area contributed by atoms with Crippen LogP contribution in [0.3, 0.4) is 0 Å². The van der Waals surface area contributed by atoms with Crippen molar-refractivity contribution < 1.29 is 4.74 Å². The van der Waals surface area contributed by atoms with E-state index in [1.54, 1.807) is 14.0 Å². The Morgan fingerprint density at radius 2 is 2.40 bits per heavy atom. The number of nitrogens with two attached hydrogens (primary N) is 1. The Kier molecular flexibility index (Phi) is 4.52. The second-order valence-corrected chi connectivity index (χ2v) is 4.58. The van der Waals surface area contributed by atoms with Crippen LogP contribution in [0.5, 0.6) is 0 Å². The van der Waals surface area contributed by atoms with E-state index in [1.165, 1.54) is 6.42 Å². The van der Waals surface area contributed by atoms with E-state index in [2.05, 4.69) is 11.0 Å². The Hall–Kier alpha value is -0.630. The van der Waals surface area contributed by atoms with Gasteiger partial charge in [-0.25, -0.2) is 0 Å². The molecule has 0 saturated carbocycles. The summed E-state index contributed by atoms with van der Waals surface area (Å²) < 4.78 is 5.34. The first-order chi connectivity index (χ1) is 7.07. The molecule has 0 aliphatic carbocycles. The molecule has 0 radical (unpaired) electrons. The molecule has 1 aliphatic rings. The summed E-state index contributed by atoms with van der Waals surface area (Å²) in [6.45, 7) is 4.74. The maximum absolute atomic E-state index is 8.80. The summed E-state index contributed by atoms with van der Waals surface area (Å²) in [5.41, 5.74) is 5.09. The van der Waals surface area contributed by atoms with Gasteiger partial charge >= 0.3 is 0 Å². The molecule has 2 atom stereocenters. The zero-order valence-corrected chi connectivity index (χ0v) is 9.70. The third-order valence-electron chi connectivity index (χ3n) is 3.00. The largest absolute Gasteiger partial charge is 0.380 e. The van der Waals surface area contributed by atoms with Crippen LogP contribution in [-0.4, -0.2) is 43.3 Å². The molecule has 1 heterocycles. The summed E-state index contributed by atoms with van der Waals surface area (Å²) in [5.74, 6) is 0. The lowest BCUT2D eigenvalue weighted by molar-refractivity contribution is 0.0299. The quantitative estimate of drug-likeness (QED) is 0.744. The highest BCUT2D eigenvalue weighted by Gasteiger charge is 2.23. The van der Waals surface area contributed by atoms with Crippen molar-refractivity contribution in [3.8, 4) is 6.07 Å². The number of methoxy groups -OCH3 is 1. The minimum atomic E-state index is -0.694. The standard InChI is InChI=1S/C11H21N3O/c1-11(13,9-12)5-7-14-6-3-4-10(8-14)15-2/h10H,3-8,13H2,1-2H3. The van der Waals surface area contributed by atoms with E-state index >= 15 is 0 Å². The van der Waals surface area contributed by atoms with Gasteiger partial charge in [-0.05, 0) is 32.7 Å². The summed E-state index contributed by atoms with van der Waals surface area (Å²) in [5, 5.41) is 8.80. The normalized spacial score (nSPS) is 26.9. The van der Waals surface area contributed by atoms with Crippen LogP contribution in [0.25, 0.3) is 0 Å². The summed E-state index contributed by atoms with van der Waals surface area (Å²) >= 11 is 0. The van der Waals surface area contributed by atoms with E-state index in [9.17, 15) is 0 Å². The average Bonchev–Trinajstić information content (AvgIpc) is 2.27. The molecule has 0 amide bonds. The van der Waals surface area contributed by atoms with E-state index < -0.39 is 5.54 Å². The maximum atomic E-state index is 8.80. The van der Waals surface area contributed by atoms with Crippen LogP contribution >= 0.6 is 0 Å². The Morgan fingerprint density at radius 3 is 3.00 bits per heavy atom. The van der Waals surface area contributed by atoms with Crippen LogP contribution in [0.15, 0.2) is 0 Å². The van der Waals surface area contributed by atoms with Crippen LogP contribution in [0.2, 0.25) is 0 Å². The second-order valence-electron chi connectivity index (χ2n) is 4.58. The molecule has 1 fully saturated rings. The van der Waals surface area contributed by atoms with Crippen LogP contribution < -0.4 is 5.73 Å². The number of nitriles is 1. The molecular formula is C11H21N3O. The molecule has 2 unspecified atom stereocenters. The molecule has 0 aromatic heterocycles. The number of nitrogens with zero attached hydrogens (tertiary/aromatic N) is 2. The summed E-state index contributed by atoms with van der Waals surface area (Å²) in [7, 11) is 1.76. The van der Waals surface area contributed by atoms with E-state index in [0.717, 1.165) is 32.5 Å². The van der Waals surface area contributed by atoms with Crippen molar-refractivity contribution >= 4 is 0 Å². The van der Waals surface area contributed by atoms with Gasteiger partial charge in [-0.1, -0.05) is 0 Å². The topological polar surface area (TPSA) is 62.3 Å². The zero-order chi connectivity index (χ0) is 11.3. The number of piperidine rings is 1. The number of rotatable bonds is 4. The molecule has 0 spiro atoms. The fourth-order valence-electron chi connectivity index (χ4n) is 1.85. The zero-order valence-electron chi connectivity index (χ0n) is 9.70. The predicted octanol–water partition coefficient (Wildman–Crippen LogP) is 0.728. The number of ether oxygens (including phenoxy) is 1. The highest BCUT2D eigenvalue weighted by Crippen LogP contribution is 2.14. The van der Waals surface area contributed by atoms with Crippen molar-refractivity contribution in [1.29, 1.82) is 5.26 Å². The first kappa shape index (κ1) is 12.4. The first-order valence-electron chi connectivity index (χ1n) is 5.52. The lowest BCUT2D eigenvalue weighted by Crippen LogP contribution is -2.44. The smallest absolute Gasteiger partial charge is 0.102 e. The number of likely N-dealkylation sites (tertiary alicyclic amines) is 1. The maximum Gasteiger partial charge on any atom is 0.102 e. The van der Waals surface area contributed by atoms with Gasteiger partial charge in [0, 0.05) is 20.2 Å². The van der Waals surface area contributed by atoms with Crippen molar-refractivity contribution in [3.63, 3.8) is 0 Å². The van der Waals surface area contributed by atoms with Gasteiger partial charge in [0.05, 0.1) is 12.2 Å². The third-order valence-corrected chi connectivity index (χ3v) is 3.00. The molecule has 15 heavy (non-hydrogen) atoms. The summed E-state index contributed by atoms with van der Waals surface area (Å²) in [4.78, 5) is 2.33. The van der Waals surface area contributed by atoms with Gasteiger partial charge in [-0.15, -0.1) is 0 Å². The fraction of sp³-hybridized carbons (Fsp3) is 0.909. The van der Waals surface area contributed by atoms with Crippen molar-refractivity contribution in [1.82, 2.24) is 4.90 Å². The van der Waals surface area contributed by atoms with Gasteiger partial charge in [-0.2, -0.15) is 5.26 Å². The molecule has 4 heteroatoms. The minimum Gasteiger partial charge on any atom is -0.380 e. The molecule has 86 valence electrons. The minimum absolute atomic E-state index is 0.352. The van der Waals surface area contributed by atoms with Crippen molar-refractivity contribution in [2.24, 2.45) is 5.73 Å². The molecule has 1 rings (SSSR count). The van der Waals surface area contributed by atoms with Crippen LogP contribution in [-0.2, 0) is 4.74 Å². The predicted molar refractivity (Wildman–Crippen MR) is 59.3 cm³/mol. The highest BCUT2D eigenvalue weighted by molar-refractivity contribution is 5.01. The Labute approximate surface area is 92.0 Å². The van der Waals surface area contributed by atoms with Crippen LogP contribution in [0.4, 0.5) is 0 Å². The number of hydrogen-bond donors (Lipinski definition) is 1. The molecular weight excluding hydrogens is 190 g/mol. The molecule has 1 saturated heterocycles. The lowest BCUT2D eigenvalue weighted by atomic mass is 10.00. The molecule has 0 bridgehead atoms. The second kappa shape index (κ2) is 5.45. The molecule has 0 aromatic rings. The van der Waals surface area contributed by atoms with E-state index in [0.29, 0.717) is 6.10 Å². The monoisotopic (exact) mass is 211 g/mol. The molecule has 0 aromatic carbocycles. The fourth-order valence-corrected chi connectivity index (χ4v) is 1.85. The van der Waals surface area contributed by atoms with Gasteiger partial charge in [0.25, 0.3) is 0 Å². The van der Waals surface area contributed by atoms with Crippen LogP contribution in [0, 0.1) is 11.3 Å². The molecule has 1 aliphatic heterocycles. The average molecular weight is 211 g/mol. The lowest BCUT2D eigenvalue weighted by Gasteiger charge is -2.33. The van der Waals surface area contributed by atoms with Gasteiger partial charge in [0.2, 0.25) is 0 Å². The van der Waals surface area contributed by atoms with Crippen molar-refractivity contribution in [2.75, 3.05) is 26.7 Å². The third kappa shape index (κ3) is 4.17. The highest BCUT2D eigenvalue weighted by atomic mass is 16.5. The molecule has 2 N–H and O–H groups in total. The van der Waals surface area contributed by atoms with Gasteiger partial charge in [0.1, 0.15) is 5.54 Å².